The van der Waals surface area contributed by atoms with Gasteiger partial charge >= 0.3 is 195 Å². The first-order chi connectivity index (χ1) is 15.0. The van der Waals surface area contributed by atoms with Crippen LogP contribution in [0, 0.1) is 0 Å². The van der Waals surface area contributed by atoms with E-state index in [0.717, 1.165) is 34.1 Å². The van der Waals surface area contributed by atoms with E-state index in [-0.39, 0.29) is 0 Å². The van der Waals surface area contributed by atoms with Crippen LogP contribution in [0.4, 0.5) is 0 Å². The van der Waals surface area contributed by atoms with Gasteiger partial charge in [0.1, 0.15) is 0 Å². The second-order valence-electron chi connectivity index (χ2n) is 7.32. The van der Waals surface area contributed by atoms with E-state index in [1.807, 2.05) is 48.5 Å². The fraction of sp³-hybridized carbons (Fsp3) is 0.167. The molecule has 0 heterocycles. The first-order valence-electron chi connectivity index (χ1n) is 9.95. The molecule has 160 valence electrons. The van der Waals surface area contributed by atoms with Gasteiger partial charge < -0.3 is 0 Å². The van der Waals surface area contributed by atoms with Crippen molar-refractivity contribution < 1.29 is 35.2 Å². The molecule has 0 saturated carbocycles. The maximum atomic E-state index is 11.8. The number of allylic oxidation sites excluding steroid dienone is 8. The van der Waals surface area contributed by atoms with Crippen molar-refractivity contribution in [1.29, 1.82) is 0 Å². The first-order valence-corrected chi connectivity index (χ1v) is 17.5. The topological polar surface area (TPSA) is 52.6 Å². The summed E-state index contributed by atoms with van der Waals surface area (Å²) < 4.78 is 39.6. The van der Waals surface area contributed by atoms with Crippen LogP contribution in [-0.4, -0.2) is 20.9 Å². The minimum atomic E-state index is -4.05. The summed E-state index contributed by atoms with van der Waals surface area (Å²) in [6, 6.07) is 14.9. The standard InChI is InChI=1S/2C7H8O2S.2C5H5.Zr/c2*1-10(9)7-4-2-6(8)3-5-7;2*1-2-4-5-3-1;/h2*2-5,8H,1H3;2*1-3H,4H2;/q;;;;+2/p-2. The predicted octanol–water partition coefficient (Wildman–Crippen LogP) is 5.29. The van der Waals surface area contributed by atoms with Crippen LogP contribution in [-0.2, 0) is 42.7 Å². The molecule has 2 unspecified atom stereocenters. The number of hydrogen-bond donors (Lipinski definition) is 0. The summed E-state index contributed by atoms with van der Waals surface area (Å²) in [7, 11) is -2.08. The average Bonchev–Trinajstić information content (AvgIpc) is 3.49. The Bertz CT molecular complexity index is 1040. The molecule has 2 atom stereocenters. The Hall–Kier alpha value is -1.82. The molecule has 4 nitrogen and oxygen atoms in total. The van der Waals surface area contributed by atoms with Gasteiger partial charge in [-0.25, -0.2) is 0 Å². The van der Waals surface area contributed by atoms with Gasteiger partial charge in [0.2, 0.25) is 0 Å². The molecule has 0 aliphatic heterocycles. The third-order valence-corrected chi connectivity index (χ3v) is 15.6. The van der Waals surface area contributed by atoms with Crippen molar-refractivity contribution in [2.75, 3.05) is 12.5 Å². The SMILES string of the molecule is CS(=O)c1ccc([O][Zr]([O]c2ccc(S(C)=O)cc2)([C]2=CC=CC2)[C]2=CC=CC2)cc1. The zero-order valence-electron chi connectivity index (χ0n) is 17.4. The van der Waals surface area contributed by atoms with Crippen molar-refractivity contribution in [1.82, 2.24) is 0 Å². The van der Waals surface area contributed by atoms with Gasteiger partial charge in [-0.05, 0) is 0 Å². The van der Waals surface area contributed by atoms with Gasteiger partial charge in [-0.15, -0.1) is 0 Å². The van der Waals surface area contributed by atoms with E-state index in [0.29, 0.717) is 0 Å². The third-order valence-electron chi connectivity index (χ3n) is 5.22. The van der Waals surface area contributed by atoms with Crippen LogP contribution in [0.2, 0.25) is 0 Å². The summed E-state index contributed by atoms with van der Waals surface area (Å²) in [5.74, 6) is 1.44. The van der Waals surface area contributed by atoms with E-state index >= 15 is 0 Å². The number of hydrogen-bond acceptors (Lipinski definition) is 4. The van der Waals surface area contributed by atoms with E-state index in [1.54, 1.807) is 12.5 Å². The van der Waals surface area contributed by atoms with E-state index in [1.165, 1.54) is 6.56 Å². The molecule has 31 heavy (non-hydrogen) atoms. The quantitative estimate of drug-likeness (QED) is 0.464. The van der Waals surface area contributed by atoms with Crippen molar-refractivity contribution in [2.24, 2.45) is 0 Å². The van der Waals surface area contributed by atoms with Crippen LogP contribution in [0.25, 0.3) is 0 Å². The zero-order valence-corrected chi connectivity index (χ0v) is 21.5. The van der Waals surface area contributed by atoms with Gasteiger partial charge in [-0.2, -0.15) is 0 Å². The maximum absolute atomic E-state index is 11.8. The Kier molecular flexibility index (Phi) is 7.05. The van der Waals surface area contributed by atoms with Crippen LogP contribution < -0.4 is 5.63 Å². The summed E-state index contributed by atoms with van der Waals surface area (Å²) in [5.41, 5.74) is 0. The van der Waals surface area contributed by atoms with E-state index in [4.69, 9.17) is 5.63 Å². The summed E-state index contributed by atoms with van der Waals surface area (Å²) in [6.45, 7) is 0. The summed E-state index contributed by atoms with van der Waals surface area (Å²) in [5, 5.41) is 0. The first kappa shape index (κ1) is 22.4. The van der Waals surface area contributed by atoms with Crippen molar-refractivity contribution in [3.8, 4) is 11.5 Å². The molecular formula is C24H24O4S2Zr. The molecule has 2 aromatic carbocycles. The summed E-state index contributed by atoms with van der Waals surface area (Å²) in [4.78, 5) is 1.53. The Morgan fingerprint density at radius 3 is 1.35 bits per heavy atom. The minimum absolute atomic E-state index is 0.719. The molecule has 0 amide bonds. The van der Waals surface area contributed by atoms with Gasteiger partial charge in [-0.3, -0.25) is 0 Å². The van der Waals surface area contributed by atoms with Gasteiger partial charge in [0.25, 0.3) is 0 Å². The normalized spacial score (nSPS) is 17.2. The van der Waals surface area contributed by atoms with Crippen LogP contribution in [0.5, 0.6) is 11.5 Å². The van der Waals surface area contributed by atoms with E-state index in [9.17, 15) is 8.42 Å². The molecule has 0 radical (unpaired) electrons. The van der Waals surface area contributed by atoms with E-state index in [2.05, 4.69) is 36.5 Å². The Morgan fingerprint density at radius 2 is 1.06 bits per heavy atom. The van der Waals surface area contributed by atoms with Gasteiger partial charge in [-0.1, -0.05) is 0 Å². The van der Waals surface area contributed by atoms with Crippen molar-refractivity contribution in [2.45, 2.75) is 22.6 Å². The Balaban J connectivity index is 1.74. The zero-order chi connectivity index (χ0) is 21.8. The van der Waals surface area contributed by atoms with Crippen LogP contribution in [0.1, 0.15) is 12.8 Å². The molecule has 2 aliphatic rings. The van der Waals surface area contributed by atoms with Gasteiger partial charge in [0.15, 0.2) is 0 Å². The Morgan fingerprint density at radius 1 is 0.677 bits per heavy atom. The fourth-order valence-electron chi connectivity index (χ4n) is 3.60. The average molecular weight is 532 g/mol. The molecule has 0 fully saturated rings. The van der Waals surface area contributed by atoms with Crippen LogP contribution in [0.3, 0.4) is 0 Å². The molecule has 0 N–H and O–H groups in total. The molecule has 7 heteroatoms. The van der Waals surface area contributed by atoms with Crippen LogP contribution >= 0.6 is 0 Å². The Labute approximate surface area is 193 Å². The fourth-order valence-corrected chi connectivity index (χ4v) is 12.8. The van der Waals surface area contributed by atoms with Crippen molar-refractivity contribution in [3.05, 3.63) is 91.5 Å². The molecular weight excluding hydrogens is 508 g/mol. The number of rotatable bonds is 8. The number of benzene rings is 2. The second kappa shape index (κ2) is 9.76. The monoisotopic (exact) mass is 530 g/mol. The van der Waals surface area contributed by atoms with Crippen molar-refractivity contribution >= 4 is 21.6 Å². The second-order valence-corrected chi connectivity index (χ2v) is 17.3. The van der Waals surface area contributed by atoms with Gasteiger partial charge in [0.05, 0.1) is 0 Å². The molecule has 0 saturated heterocycles. The van der Waals surface area contributed by atoms with Crippen molar-refractivity contribution in [3.63, 3.8) is 0 Å². The molecule has 0 spiro atoms. The van der Waals surface area contributed by atoms with E-state index < -0.39 is 42.7 Å². The third kappa shape index (κ3) is 5.00. The predicted molar refractivity (Wildman–Crippen MR) is 122 cm³/mol. The molecule has 2 aromatic rings. The molecule has 0 aromatic heterocycles. The van der Waals surface area contributed by atoms with Crippen LogP contribution in [0.15, 0.2) is 101 Å². The molecule has 2 aliphatic carbocycles. The summed E-state index contributed by atoms with van der Waals surface area (Å²) in [6.07, 6.45) is 17.6. The molecule has 4 rings (SSSR count). The summed E-state index contributed by atoms with van der Waals surface area (Å²) >= 11 is -4.05. The molecule has 0 bridgehead atoms. The van der Waals surface area contributed by atoms with Gasteiger partial charge in [0, 0.05) is 0 Å².